The van der Waals surface area contributed by atoms with E-state index in [1.807, 2.05) is 37.9 Å². The molecule has 2 aromatic heterocycles. The van der Waals surface area contributed by atoms with Crippen LogP contribution in [0.15, 0.2) is 23.7 Å². The van der Waals surface area contributed by atoms with Gasteiger partial charge in [0, 0.05) is 23.0 Å². The zero-order chi connectivity index (χ0) is 22.3. The Balaban J connectivity index is 1.11. The number of pyridine rings is 1. The summed E-state index contributed by atoms with van der Waals surface area (Å²) in [5.41, 5.74) is -0.449. The van der Waals surface area contributed by atoms with E-state index < -0.39 is 5.60 Å². The van der Waals surface area contributed by atoms with E-state index in [0.29, 0.717) is 0 Å². The quantitative estimate of drug-likeness (QED) is 0.568. The summed E-state index contributed by atoms with van der Waals surface area (Å²) in [6.45, 7) is 5.79. The van der Waals surface area contributed by atoms with Gasteiger partial charge in [0.15, 0.2) is 0 Å². The van der Waals surface area contributed by atoms with E-state index in [1.165, 1.54) is 4.70 Å². The van der Waals surface area contributed by atoms with E-state index in [1.54, 1.807) is 11.3 Å². The molecule has 0 unspecified atom stereocenters. The zero-order valence-electron chi connectivity index (χ0n) is 19.3. The predicted octanol–water partition coefficient (Wildman–Crippen LogP) is 5.93. The van der Waals surface area contributed by atoms with Crippen LogP contribution < -0.4 is 4.74 Å². The number of rotatable bonds is 4. The number of carbonyl (C=O) groups excluding carboxylic acids is 1. The molecule has 0 aromatic carbocycles. The van der Waals surface area contributed by atoms with Crippen molar-refractivity contribution >= 4 is 27.5 Å². The maximum atomic E-state index is 12.7. The van der Waals surface area contributed by atoms with Gasteiger partial charge in [-0.1, -0.05) is 0 Å². The molecule has 2 bridgehead atoms. The van der Waals surface area contributed by atoms with E-state index in [2.05, 4.69) is 16.4 Å². The van der Waals surface area contributed by atoms with Crippen molar-refractivity contribution in [2.24, 2.45) is 0 Å². The van der Waals surface area contributed by atoms with Gasteiger partial charge in [-0.15, -0.1) is 11.3 Å². The fraction of sp³-hybridized carbons (Fsp3) is 0.680. The molecule has 7 heteroatoms. The van der Waals surface area contributed by atoms with Crippen LogP contribution in [0.25, 0.3) is 10.1 Å². The Morgan fingerprint density at radius 2 is 1.69 bits per heavy atom. The number of amides is 1. The Labute approximate surface area is 194 Å². The van der Waals surface area contributed by atoms with Gasteiger partial charge in [-0.05, 0) is 89.7 Å². The fourth-order valence-electron chi connectivity index (χ4n) is 5.53. The number of nitrogens with zero attached hydrogens (tertiary/aromatic N) is 2. The van der Waals surface area contributed by atoms with Crippen LogP contribution in [0.1, 0.15) is 72.1 Å². The Morgan fingerprint density at radius 3 is 2.38 bits per heavy atom. The molecule has 3 fully saturated rings. The van der Waals surface area contributed by atoms with Crippen LogP contribution in [0, 0.1) is 0 Å². The molecule has 1 amide bonds. The predicted molar refractivity (Wildman–Crippen MR) is 125 cm³/mol. The van der Waals surface area contributed by atoms with E-state index in [4.69, 9.17) is 14.2 Å². The van der Waals surface area contributed by atoms with Crippen LogP contribution >= 0.6 is 11.3 Å². The van der Waals surface area contributed by atoms with E-state index in [9.17, 15) is 4.79 Å². The van der Waals surface area contributed by atoms with Gasteiger partial charge in [0.05, 0.1) is 17.6 Å². The van der Waals surface area contributed by atoms with Crippen LogP contribution in [0.4, 0.5) is 4.79 Å². The minimum absolute atomic E-state index is 0.157. The first-order valence-electron chi connectivity index (χ1n) is 12.0. The van der Waals surface area contributed by atoms with E-state index in [0.717, 1.165) is 62.6 Å². The third-order valence-corrected chi connectivity index (χ3v) is 7.80. The van der Waals surface area contributed by atoms with Gasteiger partial charge in [-0.25, -0.2) is 9.78 Å². The molecule has 2 saturated heterocycles. The molecule has 2 aromatic rings. The third kappa shape index (κ3) is 4.74. The second kappa shape index (κ2) is 8.82. The van der Waals surface area contributed by atoms with Crippen LogP contribution in [-0.2, 0) is 9.47 Å². The Kier molecular flexibility index (Phi) is 6.05. The Hall–Kier alpha value is -1.86. The SMILES string of the molecule is CC(C)(C)OC(=O)N1[C@H]2CC[C@H]1CC(OC1CCC(Oc3nccc4sccc34)CC1)C2. The maximum Gasteiger partial charge on any atom is 0.410 e. The summed E-state index contributed by atoms with van der Waals surface area (Å²) >= 11 is 1.72. The normalized spacial score (nSPS) is 30.5. The van der Waals surface area contributed by atoms with Gasteiger partial charge < -0.3 is 19.1 Å². The van der Waals surface area contributed by atoms with Gasteiger partial charge in [0.1, 0.15) is 11.7 Å². The smallest absolute Gasteiger partial charge is 0.410 e. The summed E-state index contributed by atoms with van der Waals surface area (Å²) in [7, 11) is 0. The van der Waals surface area contributed by atoms with Crippen molar-refractivity contribution in [3.05, 3.63) is 23.7 Å². The molecular weight excluding hydrogens is 424 g/mol. The number of hydrogen-bond acceptors (Lipinski definition) is 6. The number of piperidine rings is 1. The topological polar surface area (TPSA) is 60.9 Å². The second-order valence-electron chi connectivity index (χ2n) is 10.5. The largest absolute Gasteiger partial charge is 0.474 e. The van der Waals surface area contributed by atoms with E-state index in [-0.39, 0.29) is 36.5 Å². The number of aromatic nitrogens is 1. The molecule has 5 rings (SSSR count). The zero-order valence-corrected chi connectivity index (χ0v) is 20.1. The van der Waals surface area contributed by atoms with Crippen LogP contribution in [0.2, 0.25) is 0 Å². The van der Waals surface area contributed by atoms with Crippen molar-refractivity contribution in [1.29, 1.82) is 0 Å². The number of thiophene rings is 1. The highest BCUT2D eigenvalue weighted by atomic mass is 32.1. The monoisotopic (exact) mass is 458 g/mol. The maximum absolute atomic E-state index is 12.7. The summed E-state index contributed by atoms with van der Waals surface area (Å²) in [6.07, 6.45) is 10.4. The molecule has 0 N–H and O–H groups in total. The molecule has 174 valence electrons. The van der Waals surface area contributed by atoms with Crippen molar-refractivity contribution in [2.75, 3.05) is 0 Å². The summed E-state index contributed by atoms with van der Waals surface area (Å²) in [5.74, 6) is 0.763. The summed E-state index contributed by atoms with van der Waals surface area (Å²) in [6, 6.07) is 4.64. The highest BCUT2D eigenvalue weighted by molar-refractivity contribution is 7.17. The highest BCUT2D eigenvalue weighted by Crippen LogP contribution is 2.39. The molecule has 0 spiro atoms. The lowest BCUT2D eigenvalue weighted by atomic mass is 9.93. The van der Waals surface area contributed by atoms with Crippen molar-refractivity contribution < 1.29 is 19.0 Å². The lowest BCUT2D eigenvalue weighted by Crippen LogP contribution is -2.50. The molecule has 3 aliphatic rings. The highest BCUT2D eigenvalue weighted by Gasteiger charge is 2.45. The molecule has 6 nitrogen and oxygen atoms in total. The molecule has 1 aliphatic carbocycles. The molecule has 32 heavy (non-hydrogen) atoms. The van der Waals surface area contributed by atoms with E-state index >= 15 is 0 Å². The van der Waals surface area contributed by atoms with Crippen molar-refractivity contribution in [2.45, 2.75) is 108 Å². The van der Waals surface area contributed by atoms with Crippen molar-refractivity contribution in [3.63, 3.8) is 0 Å². The van der Waals surface area contributed by atoms with Crippen molar-refractivity contribution in [1.82, 2.24) is 9.88 Å². The van der Waals surface area contributed by atoms with Crippen LogP contribution in [0.5, 0.6) is 5.88 Å². The molecule has 4 heterocycles. The van der Waals surface area contributed by atoms with Crippen LogP contribution in [-0.4, -0.2) is 52.0 Å². The summed E-state index contributed by atoms with van der Waals surface area (Å²) < 4.78 is 19.7. The number of ether oxygens (including phenoxy) is 3. The number of hydrogen-bond donors (Lipinski definition) is 0. The lowest BCUT2D eigenvalue weighted by Gasteiger charge is -2.41. The molecule has 2 atom stereocenters. The van der Waals surface area contributed by atoms with Crippen molar-refractivity contribution in [3.8, 4) is 5.88 Å². The average Bonchev–Trinajstić information content (AvgIpc) is 3.32. The Bertz CT molecular complexity index is 933. The summed E-state index contributed by atoms with van der Waals surface area (Å²) in [4.78, 5) is 19.1. The molecular formula is C25H34N2O4S. The summed E-state index contributed by atoms with van der Waals surface area (Å²) in [5, 5.41) is 3.20. The second-order valence-corrected chi connectivity index (χ2v) is 11.4. The standard InChI is InChI=1S/C25H34N2O4S/c1-25(2,3)31-24(28)27-16-4-5-17(27)15-20(14-16)29-18-6-8-19(9-7-18)30-23-21-11-13-32-22(21)10-12-26-23/h10-13,16-20H,4-9,14-15H2,1-3H3/t16-,17-,18?,19?/m0/s1. The lowest BCUT2D eigenvalue weighted by molar-refractivity contribution is -0.0814. The molecule has 2 aliphatic heterocycles. The van der Waals surface area contributed by atoms with Gasteiger partial charge in [0.2, 0.25) is 5.88 Å². The molecule has 1 saturated carbocycles. The third-order valence-electron chi connectivity index (χ3n) is 6.92. The first-order valence-corrected chi connectivity index (χ1v) is 12.9. The van der Waals surface area contributed by atoms with Gasteiger partial charge in [-0.3, -0.25) is 0 Å². The minimum Gasteiger partial charge on any atom is -0.474 e. The Morgan fingerprint density at radius 1 is 1.00 bits per heavy atom. The number of carbonyl (C=O) groups is 1. The van der Waals surface area contributed by atoms with Gasteiger partial charge in [-0.2, -0.15) is 0 Å². The first kappa shape index (κ1) is 22.0. The average molecular weight is 459 g/mol. The minimum atomic E-state index is -0.449. The number of fused-ring (bicyclic) bond motifs is 3. The molecule has 0 radical (unpaired) electrons. The fourth-order valence-corrected chi connectivity index (χ4v) is 6.30. The van der Waals surface area contributed by atoms with Gasteiger partial charge >= 0.3 is 6.09 Å². The van der Waals surface area contributed by atoms with Crippen LogP contribution in [0.3, 0.4) is 0 Å². The van der Waals surface area contributed by atoms with Gasteiger partial charge in [0.25, 0.3) is 0 Å². The first-order chi connectivity index (χ1) is 15.4.